The first-order chi connectivity index (χ1) is 13.2. The molecule has 2 aromatic heterocycles. The molecule has 0 radical (unpaired) electrons. The van der Waals surface area contributed by atoms with Crippen LogP contribution < -0.4 is 5.73 Å². The van der Waals surface area contributed by atoms with Crippen LogP contribution in [0.1, 0.15) is 33.8 Å². The lowest BCUT2D eigenvalue weighted by Crippen LogP contribution is -2.43. The number of carbonyl (C=O) groups is 1. The Bertz CT molecular complexity index is 983. The summed E-state index contributed by atoms with van der Waals surface area (Å²) in [7, 11) is 0. The van der Waals surface area contributed by atoms with Gasteiger partial charge in [0, 0.05) is 35.1 Å². The van der Waals surface area contributed by atoms with Crippen LogP contribution in [0.2, 0.25) is 0 Å². The van der Waals surface area contributed by atoms with E-state index in [1.165, 1.54) is 10.4 Å². The maximum Gasteiger partial charge on any atom is 0.274 e. The molecule has 1 saturated heterocycles. The zero-order valence-electron chi connectivity index (χ0n) is 15.1. The van der Waals surface area contributed by atoms with Crippen molar-refractivity contribution in [3.05, 3.63) is 57.9 Å². The van der Waals surface area contributed by atoms with Gasteiger partial charge in [0.15, 0.2) is 5.69 Å². The molecule has 2 N–H and O–H groups in total. The lowest BCUT2D eigenvalue weighted by atomic mass is 9.94. The first kappa shape index (κ1) is 16.7. The number of fused-ring (bicyclic) bond motifs is 3. The number of carbonyl (C=O) groups excluding carboxylic acids is 1. The molecule has 1 aliphatic carbocycles. The van der Waals surface area contributed by atoms with Crippen molar-refractivity contribution in [3.63, 3.8) is 0 Å². The highest BCUT2D eigenvalue weighted by molar-refractivity contribution is 7.10. The Kier molecular flexibility index (Phi) is 4.10. The summed E-state index contributed by atoms with van der Waals surface area (Å²) < 4.78 is 1.96. The van der Waals surface area contributed by atoms with Gasteiger partial charge in [0.1, 0.15) is 0 Å². The van der Waals surface area contributed by atoms with E-state index in [0.717, 1.165) is 55.7 Å². The highest BCUT2D eigenvalue weighted by atomic mass is 32.1. The summed E-state index contributed by atoms with van der Waals surface area (Å²) in [5, 5.41) is 6.97. The molecule has 0 bridgehead atoms. The molecule has 27 heavy (non-hydrogen) atoms. The lowest BCUT2D eigenvalue weighted by molar-refractivity contribution is 0.0707. The molecule has 1 fully saturated rings. The Hall–Kier alpha value is -2.44. The van der Waals surface area contributed by atoms with E-state index in [9.17, 15) is 4.79 Å². The molecule has 1 aliphatic heterocycles. The van der Waals surface area contributed by atoms with E-state index in [1.54, 1.807) is 11.3 Å². The van der Waals surface area contributed by atoms with Crippen molar-refractivity contribution in [2.45, 2.75) is 31.7 Å². The molecule has 0 saturated carbocycles. The third-order valence-corrected chi connectivity index (χ3v) is 6.60. The SMILES string of the molecule is NC1CCN(C(=O)c2nn(-c3ccccc3)c3c2CCc2sccc2-3)CC1. The lowest BCUT2D eigenvalue weighted by Gasteiger charge is -2.30. The third kappa shape index (κ3) is 2.80. The van der Waals surface area contributed by atoms with Crippen LogP contribution in [-0.2, 0) is 12.8 Å². The van der Waals surface area contributed by atoms with Crippen molar-refractivity contribution in [2.24, 2.45) is 5.73 Å². The molecule has 5 rings (SSSR count). The fourth-order valence-corrected chi connectivity index (χ4v) is 5.01. The van der Waals surface area contributed by atoms with Crippen LogP contribution in [0.15, 0.2) is 41.8 Å². The zero-order chi connectivity index (χ0) is 18.4. The number of hydrogen-bond donors (Lipinski definition) is 1. The minimum Gasteiger partial charge on any atom is -0.337 e. The van der Waals surface area contributed by atoms with E-state index in [2.05, 4.69) is 11.4 Å². The molecule has 1 amide bonds. The van der Waals surface area contributed by atoms with Crippen molar-refractivity contribution < 1.29 is 4.79 Å². The van der Waals surface area contributed by atoms with Crippen molar-refractivity contribution in [1.29, 1.82) is 0 Å². The second-order valence-corrected chi connectivity index (χ2v) is 8.31. The number of thiophene rings is 1. The van der Waals surface area contributed by atoms with Gasteiger partial charge in [-0.2, -0.15) is 5.10 Å². The van der Waals surface area contributed by atoms with Gasteiger partial charge in [-0.05, 0) is 49.3 Å². The summed E-state index contributed by atoms with van der Waals surface area (Å²) in [5.41, 5.74) is 11.0. The fourth-order valence-electron chi connectivity index (χ4n) is 4.13. The number of para-hydroxylation sites is 1. The molecule has 1 aromatic carbocycles. The van der Waals surface area contributed by atoms with E-state index in [1.807, 2.05) is 39.9 Å². The van der Waals surface area contributed by atoms with Gasteiger partial charge in [-0.15, -0.1) is 11.3 Å². The summed E-state index contributed by atoms with van der Waals surface area (Å²) in [6, 6.07) is 12.5. The second kappa shape index (κ2) is 6.62. The predicted octanol–water partition coefficient (Wildman–Crippen LogP) is 3.26. The van der Waals surface area contributed by atoms with Gasteiger partial charge >= 0.3 is 0 Å². The highest BCUT2D eigenvalue weighted by Gasteiger charge is 2.32. The number of hydrogen-bond acceptors (Lipinski definition) is 4. The molecule has 3 heterocycles. The number of aromatic nitrogens is 2. The summed E-state index contributed by atoms with van der Waals surface area (Å²) in [5.74, 6) is 0.0477. The maximum absolute atomic E-state index is 13.3. The van der Waals surface area contributed by atoms with Crippen molar-refractivity contribution in [2.75, 3.05) is 13.1 Å². The number of benzene rings is 1. The monoisotopic (exact) mass is 378 g/mol. The van der Waals surface area contributed by atoms with E-state index < -0.39 is 0 Å². The molecule has 5 nitrogen and oxygen atoms in total. The van der Waals surface area contributed by atoms with Crippen LogP contribution in [-0.4, -0.2) is 39.7 Å². The van der Waals surface area contributed by atoms with Crippen LogP contribution >= 0.6 is 11.3 Å². The Balaban J connectivity index is 1.63. The Morgan fingerprint density at radius 3 is 2.67 bits per heavy atom. The van der Waals surface area contributed by atoms with Gasteiger partial charge in [0.25, 0.3) is 5.91 Å². The Morgan fingerprint density at radius 2 is 1.89 bits per heavy atom. The zero-order valence-corrected chi connectivity index (χ0v) is 15.9. The number of nitrogens with zero attached hydrogens (tertiary/aromatic N) is 3. The van der Waals surface area contributed by atoms with Crippen LogP contribution in [0.5, 0.6) is 0 Å². The van der Waals surface area contributed by atoms with Gasteiger partial charge in [-0.3, -0.25) is 4.79 Å². The minimum atomic E-state index is 0.0477. The normalized spacial score (nSPS) is 16.9. The molecule has 3 aromatic rings. The van der Waals surface area contributed by atoms with Crippen LogP contribution in [0.25, 0.3) is 16.9 Å². The summed E-state index contributed by atoms with van der Waals surface area (Å²) in [6.07, 6.45) is 3.57. The van der Waals surface area contributed by atoms with Crippen LogP contribution in [0.4, 0.5) is 0 Å². The standard InChI is InChI=1S/C21H22N4OS/c22-14-8-11-24(12-9-14)21(26)19-17-6-7-18-16(10-13-27-18)20(17)25(23-19)15-4-2-1-3-5-15/h1-5,10,13-14H,6-9,11-12,22H2. The number of rotatable bonds is 2. The molecule has 0 spiro atoms. The maximum atomic E-state index is 13.3. The summed E-state index contributed by atoms with van der Waals surface area (Å²) in [4.78, 5) is 16.6. The van der Waals surface area contributed by atoms with Gasteiger partial charge in [-0.25, -0.2) is 4.68 Å². The smallest absolute Gasteiger partial charge is 0.274 e. The van der Waals surface area contributed by atoms with Crippen molar-refractivity contribution in [1.82, 2.24) is 14.7 Å². The van der Waals surface area contributed by atoms with Gasteiger partial charge in [0.2, 0.25) is 0 Å². The topological polar surface area (TPSA) is 64.2 Å². The molecule has 6 heteroatoms. The number of nitrogens with two attached hydrogens (primary N) is 1. The van der Waals surface area contributed by atoms with E-state index >= 15 is 0 Å². The van der Waals surface area contributed by atoms with Crippen molar-refractivity contribution >= 4 is 17.2 Å². The van der Waals surface area contributed by atoms with Crippen molar-refractivity contribution in [3.8, 4) is 16.9 Å². The van der Waals surface area contributed by atoms with E-state index in [0.29, 0.717) is 5.69 Å². The first-order valence-corrected chi connectivity index (χ1v) is 10.4. The third-order valence-electron chi connectivity index (χ3n) is 5.62. The number of likely N-dealkylation sites (tertiary alicyclic amines) is 1. The molecular formula is C21H22N4OS. The van der Waals surface area contributed by atoms with Gasteiger partial charge in [0.05, 0.1) is 11.4 Å². The molecular weight excluding hydrogens is 356 g/mol. The van der Waals surface area contributed by atoms with Gasteiger partial charge < -0.3 is 10.6 Å². The van der Waals surface area contributed by atoms with E-state index in [4.69, 9.17) is 10.8 Å². The predicted molar refractivity (Wildman–Crippen MR) is 107 cm³/mol. The fraction of sp³-hybridized carbons (Fsp3) is 0.333. The number of piperidine rings is 1. The molecule has 138 valence electrons. The molecule has 2 aliphatic rings. The average molecular weight is 379 g/mol. The summed E-state index contributed by atoms with van der Waals surface area (Å²) in [6.45, 7) is 1.44. The minimum absolute atomic E-state index is 0.0477. The Labute approximate surface area is 162 Å². The van der Waals surface area contributed by atoms with Crippen LogP contribution in [0.3, 0.4) is 0 Å². The van der Waals surface area contributed by atoms with Gasteiger partial charge in [-0.1, -0.05) is 18.2 Å². The quantitative estimate of drug-likeness (QED) is 0.744. The highest BCUT2D eigenvalue weighted by Crippen LogP contribution is 2.39. The molecule has 0 atom stereocenters. The average Bonchev–Trinajstić information content (AvgIpc) is 3.33. The van der Waals surface area contributed by atoms with Crippen LogP contribution in [0, 0.1) is 0 Å². The Morgan fingerprint density at radius 1 is 1.11 bits per heavy atom. The largest absolute Gasteiger partial charge is 0.337 e. The second-order valence-electron chi connectivity index (χ2n) is 7.31. The number of aryl methyl sites for hydroxylation is 1. The summed E-state index contributed by atoms with van der Waals surface area (Å²) >= 11 is 1.79. The number of amides is 1. The van der Waals surface area contributed by atoms with E-state index in [-0.39, 0.29) is 11.9 Å². The molecule has 0 unspecified atom stereocenters. The first-order valence-electron chi connectivity index (χ1n) is 9.51.